The molecule has 0 bridgehead atoms. The molecule has 2 aromatic rings. The zero-order chi connectivity index (χ0) is 15.4. The highest BCUT2D eigenvalue weighted by Crippen LogP contribution is 2.17. The van der Waals surface area contributed by atoms with E-state index in [1.165, 1.54) is 23.5 Å². The van der Waals surface area contributed by atoms with Gasteiger partial charge in [-0.2, -0.15) is 0 Å². The summed E-state index contributed by atoms with van der Waals surface area (Å²) in [5.41, 5.74) is 0.188. The molecule has 0 aliphatic rings. The third-order valence-corrected chi connectivity index (χ3v) is 3.17. The van der Waals surface area contributed by atoms with Gasteiger partial charge in [0.2, 0.25) is 5.13 Å². The Morgan fingerprint density at radius 1 is 1.38 bits per heavy atom. The maximum absolute atomic E-state index is 13.8. The summed E-state index contributed by atoms with van der Waals surface area (Å²) in [5, 5.41) is 19.5. The van der Waals surface area contributed by atoms with Crippen molar-refractivity contribution in [2.45, 2.75) is 6.92 Å². The normalized spacial score (nSPS) is 10.8. The minimum atomic E-state index is -1.18. The lowest BCUT2D eigenvalue weighted by atomic mass is 10.1. The zero-order valence-electron chi connectivity index (χ0n) is 10.8. The van der Waals surface area contributed by atoms with E-state index in [0.29, 0.717) is 10.1 Å². The van der Waals surface area contributed by atoms with Crippen molar-refractivity contribution >= 4 is 34.4 Å². The van der Waals surface area contributed by atoms with Gasteiger partial charge < -0.3 is 5.11 Å². The number of nitrogens with one attached hydrogen (secondary N) is 1. The molecular weight excluding hydrogens is 297 g/mol. The molecule has 1 heterocycles. The van der Waals surface area contributed by atoms with Gasteiger partial charge in [-0.25, -0.2) is 9.18 Å². The third-order valence-electron chi connectivity index (χ3n) is 2.41. The van der Waals surface area contributed by atoms with E-state index in [1.807, 2.05) is 0 Å². The van der Waals surface area contributed by atoms with Crippen molar-refractivity contribution in [1.29, 1.82) is 0 Å². The predicted octanol–water partition coefficient (Wildman–Crippen LogP) is 2.34. The molecule has 2 rings (SSSR count). The summed E-state index contributed by atoms with van der Waals surface area (Å²) in [6, 6.07) is 3.76. The van der Waals surface area contributed by atoms with Gasteiger partial charge in [-0.1, -0.05) is 17.4 Å². The van der Waals surface area contributed by atoms with Gasteiger partial charge in [0, 0.05) is 17.2 Å². The monoisotopic (exact) mass is 307 g/mol. The standard InChI is InChI=1S/C13H10FN3O3S/c1-7-16-17-13(21-7)15-12(20)9-3-2-8(10(14)6-9)4-5-11(18)19/h2-6H,1H3,(H,18,19)(H,15,17,20)/b5-4+. The number of nitrogens with zero attached hydrogens (tertiary/aromatic N) is 2. The van der Waals surface area contributed by atoms with E-state index in [4.69, 9.17) is 5.11 Å². The first-order valence-corrected chi connectivity index (χ1v) is 6.59. The van der Waals surface area contributed by atoms with Crippen molar-refractivity contribution in [3.8, 4) is 0 Å². The van der Waals surface area contributed by atoms with Crippen molar-refractivity contribution in [1.82, 2.24) is 10.2 Å². The second-order valence-electron chi connectivity index (χ2n) is 3.99. The highest BCUT2D eigenvalue weighted by molar-refractivity contribution is 7.15. The minimum Gasteiger partial charge on any atom is -0.478 e. The van der Waals surface area contributed by atoms with Crippen LogP contribution in [0.2, 0.25) is 0 Å². The van der Waals surface area contributed by atoms with Gasteiger partial charge in [0.15, 0.2) is 0 Å². The molecule has 1 aromatic heterocycles. The van der Waals surface area contributed by atoms with Gasteiger partial charge in [0.05, 0.1) is 0 Å². The highest BCUT2D eigenvalue weighted by atomic mass is 32.1. The van der Waals surface area contributed by atoms with E-state index in [1.54, 1.807) is 6.92 Å². The molecule has 1 aromatic carbocycles. The summed E-state index contributed by atoms with van der Waals surface area (Å²) in [6.45, 7) is 1.75. The summed E-state index contributed by atoms with van der Waals surface area (Å²) >= 11 is 1.21. The molecule has 0 spiro atoms. The zero-order valence-corrected chi connectivity index (χ0v) is 11.6. The van der Waals surface area contributed by atoms with E-state index >= 15 is 0 Å². The third kappa shape index (κ3) is 3.93. The van der Waals surface area contributed by atoms with Crippen molar-refractivity contribution in [2.75, 3.05) is 5.32 Å². The van der Waals surface area contributed by atoms with Gasteiger partial charge in [0.25, 0.3) is 5.91 Å². The molecular formula is C13H10FN3O3S. The Balaban J connectivity index is 2.15. The van der Waals surface area contributed by atoms with Gasteiger partial charge in [0.1, 0.15) is 10.8 Å². The summed E-state index contributed by atoms with van der Waals surface area (Å²) in [7, 11) is 0. The van der Waals surface area contributed by atoms with Crippen LogP contribution in [0.4, 0.5) is 9.52 Å². The summed E-state index contributed by atoms with van der Waals surface area (Å²) < 4.78 is 13.8. The van der Waals surface area contributed by atoms with Crippen LogP contribution in [0.25, 0.3) is 6.08 Å². The van der Waals surface area contributed by atoms with E-state index in [-0.39, 0.29) is 11.1 Å². The fourth-order valence-corrected chi connectivity index (χ4v) is 2.07. The predicted molar refractivity (Wildman–Crippen MR) is 75.7 cm³/mol. The van der Waals surface area contributed by atoms with Crippen LogP contribution in [0.5, 0.6) is 0 Å². The number of hydrogen-bond donors (Lipinski definition) is 2. The number of aliphatic carboxylic acids is 1. The van der Waals surface area contributed by atoms with Crippen LogP contribution in [0, 0.1) is 12.7 Å². The second-order valence-corrected chi connectivity index (χ2v) is 5.17. The van der Waals surface area contributed by atoms with Crippen molar-refractivity contribution < 1.29 is 19.1 Å². The van der Waals surface area contributed by atoms with E-state index in [2.05, 4.69) is 15.5 Å². The summed E-state index contributed by atoms with van der Waals surface area (Å²) in [6.07, 6.45) is 1.94. The van der Waals surface area contributed by atoms with Gasteiger partial charge in [-0.15, -0.1) is 10.2 Å². The van der Waals surface area contributed by atoms with Gasteiger partial charge in [-0.3, -0.25) is 10.1 Å². The molecule has 6 nitrogen and oxygen atoms in total. The Kier molecular flexibility index (Phi) is 4.39. The SMILES string of the molecule is Cc1nnc(NC(=O)c2ccc(/C=C/C(=O)O)c(F)c2)s1. The highest BCUT2D eigenvalue weighted by Gasteiger charge is 2.11. The number of halogens is 1. The number of benzene rings is 1. The van der Waals surface area contributed by atoms with Crippen LogP contribution < -0.4 is 5.32 Å². The first kappa shape index (κ1) is 14.8. The molecule has 1 amide bonds. The molecule has 108 valence electrons. The molecule has 0 aliphatic carbocycles. The quantitative estimate of drug-likeness (QED) is 0.846. The second kappa shape index (κ2) is 6.23. The van der Waals surface area contributed by atoms with Crippen molar-refractivity contribution in [3.63, 3.8) is 0 Å². The molecule has 0 radical (unpaired) electrons. The van der Waals surface area contributed by atoms with Crippen LogP contribution in [0.3, 0.4) is 0 Å². The fraction of sp³-hybridized carbons (Fsp3) is 0.0769. The van der Waals surface area contributed by atoms with E-state index in [0.717, 1.165) is 18.2 Å². The average Bonchev–Trinajstić information content (AvgIpc) is 2.82. The van der Waals surface area contributed by atoms with E-state index < -0.39 is 17.7 Å². The Morgan fingerprint density at radius 3 is 2.71 bits per heavy atom. The van der Waals surface area contributed by atoms with Crippen LogP contribution in [0.15, 0.2) is 24.3 Å². The number of aromatic nitrogens is 2. The molecule has 0 fully saturated rings. The lowest BCUT2D eigenvalue weighted by Gasteiger charge is -2.03. The minimum absolute atomic E-state index is 0.0840. The van der Waals surface area contributed by atoms with E-state index in [9.17, 15) is 14.0 Å². The number of anilines is 1. The molecule has 0 unspecified atom stereocenters. The van der Waals surface area contributed by atoms with Gasteiger partial charge >= 0.3 is 5.97 Å². The number of amides is 1. The van der Waals surface area contributed by atoms with Crippen LogP contribution >= 0.6 is 11.3 Å². The van der Waals surface area contributed by atoms with Crippen LogP contribution in [0.1, 0.15) is 20.9 Å². The fourth-order valence-electron chi connectivity index (χ4n) is 1.48. The van der Waals surface area contributed by atoms with Crippen LogP contribution in [-0.2, 0) is 4.79 Å². The molecule has 0 atom stereocenters. The number of aryl methyl sites for hydroxylation is 1. The smallest absolute Gasteiger partial charge is 0.328 e. The molecule has 0 saturated heterocycles. The summed E-state index contributed by atoms with van der Waals surface area (Å²) in [4.78, 5) is 22.3. The molecule has 0 saturated carbocycles. The number of rotatable bonds is 4. The Bertz CT molecular complexity index is 727. The number of carboxylic acid groups (broad SMARTS) is 1. The molecule has 8 heteroatoms. The first-order valence-electron chi connectivity index (χ1n) is 5.78. The Labute approximate surface area is 123 Å². The maximum Gasteiger partial charge on any atom is 0.328 e. The Morgan fingerprint density at radius 2 is 2.14 bits per heavy atom. The Hall–Kier alpha value is -2.61. The van der Waals surface area contributed by atoms with Crippen LogP contribution in [-0.4, -0.2) is 27.2 Å². The average molecular weight is 307 g/mol. The van der Waals surface area contributed by atoms with Gasteiger partial charge in [-0.05, 0) is 25.1 Å². The number of carbonyl (C=O) groups is 2. The topological polar surface area (TPSA) is 92.2 Å². The number of carbonyl (C=O) groups excluding carboxylic acids is 1. The molecule has 0 aliphatic heterocycles. The summed E-state index contributed by atoms with van der Waals surface area (Å²) in [5.74, 6) is -2.38. The largest absolute Gasteiger partial charge is 0.478 e. The lowest BCUT2D eigenvalue weighted by Crippen LogP contribution is -2.12. The van der Waals surface area contributed by atoms with Crippen molar-refractivity contribution in [3.05, 3.63) is 46.2 Å². The molecule has 21 heavy (non-hydrogen) atoms. The number of carboxylic acids is 1. The maximum atomic E-state index is 13.8. The molecule has 2 N–H and O–H groups in total. The lowest BCUT2D eigenvalue weighted by molar-refractivity contribution is -0.131. The first-order chi connectivity index (χ1) is 9.95. The number of hydrogen-bond acceptors (Lipinski definition) is 5. The van der Waals surface area contributed by atoms with Crippen molar-refractivity contribution in [2.24, 2.45) is 0 Å².